The molecule has 0 spiro atoms. The SMILES string of the molecule is CCCNCC1CCN(CCc2ccccc2)CC1. The first-order chi connectivity index (χ1) is 9.38. The fourth-order valence-corrected chi connectivity index (χ4v) is 2.83. The van der Waals surface area contributed by atoms with Crippen LogP contribution >= 0.6 is 0 Å². The summed E-state index contributed by atoms with van der Waals surface area (Å²) in [6.07, 6.45) is 5.17. The fraction of sp³-hybridized carbons (Fsp3) is 0.647. The number of nitrogens with zero attached hydrogens (tertiary/aromatic N) is 1. The van der Waals surface area contributed by atoms with Crippen LogP contribution in [0.2, 0.25) is 0 Å². The van der Waals surface area contributed by atoms with Crippen LogP contribution in [0.15, 0.2) is 30.3 Å². The third kappa shape index (κ3) is 5.33. The Morgan fingerprint density at radius 1 is 1.16 bits per heavy atom. The van der Waals surface area contributed by atoms with E-state index in [1.54, 1.807) is 0 Å². The second kappa shape index (κ2) is 8.34. The number of hydrogen-bond donors (Lipinski definition) is 1. The first kappa shape index (κ1) is 14.5. The summed E-state index contributed by atoms with van der Waals surface area (Å²) in [5.41, 5.74) is 1.47. The van der Waals surface area contributed by atoms with Crippen molar-refractivity contribution in [2.45, 2.75) is 32.6 Å². The zero-order valence-electron chi connectivity index (χ0n) is 12.3. The maximum atomic E-state index is 3.56. The standard InChI is InChI=1S/C17H28N2/c1-2-11-18-15-17-9-13-19(14-10-17)12-8-16-6-4-3-5-7-16/h3-7,17-18H,2,8-15H2,1H3. The number of nitrogens with one attached hydrogen (secondary N) is 1. The molecule has 1 heterocycles. The number of rotatable bonds is 7. The van der Waals surface area contributed by atoms with Gasteiger partial charge in [-0.15, -0.1) is 0 Å². The Labute approximate surface area is 118 Å². The molecular formula is C17H28N2. The molecule has 0 radical (unpaired) electrons. The van der Waals surface area contributed by atoms with E-state index in [9.17, 15) is 0 Å². The van der Waals surface area contributed by atoms with Crippen molar-refractivity contribution in [2.24, 2.45) is 5.92 Å². The topological polar surface area (TPSA) is 15.3 Å². The van der Waals surface area contributed by atoms with E-state index in [1.165, 1.54) is 64.0 Å². The predicted molar refractivity (Wildman–Crippen MR) is 82.5 cm³/mol. The Morgan fingerprint density at radius 3 is 2.58 bits per heavy atom. The van der Waals surface area contributed by atoms with E-state index in [0.29, 0.717) is 0 Å². The van der Waals surface area contributed by atoms with Crippen molar-refractivity contribution in [3.63, 3.8) is 0 Å². The summed E-state index contributed by atoms with van der Waals surface area (Å²) in [7, 11) is 0. The monoisotopic (exact) mass is 260 g/mol. The highest BCUT2D eigenvalue weighted by Crippen LogP contribution is 2.16. The molecule has 0 atom stereocenters. The van der Waals surface area contributed by atoms with Crippen LogP contribution in [0.5, 0.6) is 0 Å². The van der Waals surface area contributed by atoms with Crippen molar-refractivity contribution in [2.75, 3.05) is 32.7 Å². The average Bonchev–Trinajstić information content (AvgIpc) is 2.48. The summed E-state index contributed by atoms with van der Waals surface area (Å²) >= 11 is 0. The van der Waals surface area contributed by atoms with Gasteiger partial charge < -0.3 is 10.2 Å². The Kier molecular flexibility index (Phi) is 6.38. The summed E-state index contributed by atoms with van der Waals surface area (Å²) in [5, 5.41) is 3.56. The molecule has 1 fully saturated rings. The number of hydrogen-bond acceptors (Lipinski definition) is 2. The molecule has 0 bridgehead atoms. The smallest absolute Gasteiger partial charge is 0.00218 e. The predicted octanol–water partition coefficient (Wildman–Crippen LogP) is 2.94. The van der Waals surface area contributed by atoms with Gasteiger partial charge in [0.15, 0.2) is 0 Å². The van der Waals surface area contributed by atoms with Crippen molar-refractivity contribution in [3.8, 4) is 0 Å². The Bertz CT molecular complexity index is 328. The second-order valence-electron chi connectivity index (χ2n) is 5.72. The Morgan fingerprint density at radius 2 is 1.89 bits per heavy atom. The molecule has 1 aliphatic heterocycles. The molecule has 1 aliphatic rings. The lowest BCUT2D eigenvalue weighted by Crippen LogP contribution is -2.38. The Hall–Kier alpha value is -0.860. The van der Waals surface area contributed by atoms with Gasteiger partial charge >= 0.3 is 0 Å². The van der Waals surface area contributed by atoms with Crippen molar-refractivity contribution >= 4 is 0 Å². The van der Waals surface area contributed by atoms with Gasteiger partial charge in [-0.1, -0.05) is 37.3 Å². The maximum Gasteiger partial charge on any atom is 0.00218 e. The van der Waals surface area contributed by atoms with Gasteiger partial charge in [0.1, 0.15) is 0 Å². The molecule has 2 rings (SSSR count). The molecule has 0 amide bonds. The van der Waals surface area contributed by atoms with Gasteiger partial charge in [-0.05, 0) is 63.3 Å². The van der Waals surface area contributed by atoms with Gasteiger partial charge in [0.2, 0.25) is 0 Å². The Balaban J connectivity index is 1.61. The summed E-state index contributed by atoms with van der Waals surface area (Å²) in [5.74, 6) is 0.902. The van der Waals surface area contributed by atoms with Crippen LogP contribution in [0.4, 0.5) is 0 Å². The highest BCUT2D eigenvalue weighted by molar-refractivity contribution is 5.14. The van der Waals surface area contributed by atoms with E-state index >= 15 is 0 Å². The second-order valence-corrected chi connectivity index (χ2v) is 5.72. The minimum Gasteiger partial charge on any atom is -0.316 e. The van der Waals surface area contributed by atoms with E-state index < -0.39 is 0 Å². The van der Waals surface area contributed by atoms with Crippen molar-refractivity contribution in [1.29, 1.82) is 0 Å². The summed E-state index contributed by atoms with van der Waals surface area (Å²) in [4.78, 5) is 2.63. The van der Waals surface area contributed by atoms with Gasteiger partial charge in [-0.3, -0.25) is 0 Å². The summed E-state index contributed by atoms with van der Waals surface area (Å²) < 4.78 is 0. The first-order valence-electron chi connectivity index (χ1n) is 7.85. The molecule has 0 unspecified atom stereocenters. The van der Waals surface area contributed by atoms with Crippen LogP contribution in [-0.2, 0) is 6.42 Å². The largest absolute Gasteiger partial charge is 0.316 e. The van der Waals surface area contributed by atoms with Crippen molar-refractivity contribution in [1.82, 2.24) is 10.2 Å². The van der Waals surface area contributed by atoms with E-state index in [4.69, 9.17) is 0 Å². The van der Waals surface area contributed by atoms with Crippen LogP contribution in [-0.4, -0.2) is 37.6 Å². The minimum absolute atomic E-state index is 0.902. The molecule has 2 nitrogen and oxygen atoms in total. The lowest BCUT2D eigenvalue weighted by molar-refractivity contribution is 0.184. The van der Waals surface area contributed by atoms with Gasteiger partial charge in [0, 0.05) is 6.54 Å². The quantitative estimate of drug-likeness (QED) is 0.758. The van der Waals surface area contributed by atoms with Crippen LogP contribution in [0.1, 0.15) is 31.7 Å². The molecule has 2 heteroatoms. The third-order valence-electron chi connectivity index (χ3n) is 4.13. The van der Waals surface area contributed by atoms with E-state index in [1.807, 2.05) is 0 Å². The van der Waals surface area contributed by atoms with E-state index in [0.717, 1.165) is 5.92 Å². The van der Waals surface area contributed by atoms with Crippen LogP contribution in [0, 0.1) is 5.92 Å². The van der Waals surface area contributed by atoms with Gasteiger partial charge in [0.05, 0.1) is 0 Å². The molecular weight excluding hydrogens is 232 g/mol. The molecule has 1 N–H and O–H groups in total. The number of piperidine rings is 1. The van der Waals surface area contributed by atoms with Crippen molar-refractivity contribution < 1.29 is 0 Å². The maximum absolute atomic E-state index is 3.56. The lowest BCUT2D eigenvalue weighted by atomic mass is 9.96. The molecule has 1 saturated heterocycles. The van der Waals surface area contributed by atoms with Gasteiger partial charge in [-0.25, -0.2) is 0 Å². The molecule has 0 saturated carbocycles. The highest BCUT2D eigenvalue weighted by atomic mass is 15.1. The fourth-order valence-electron chi connectivity index (χ4n) is 2.83. The minimum atomic E-state index is 0.902. The zero-order chi connectivity index (χ0) is 13.3. The molecule has 1 aromatic rings. The molecule has 0 aromatic heterocycles. The first-order valence-corrected chi connectivity index (χ1v) is 7.85. The van der Waals surface area contributed by atoms with Gasteiger partial charge in [0.25, 0.3) is 0 Å². The number of benzene rings is 1. The van der Waals surface area contributed by atoms with E-state index in [2.05, 4.69) is 47.5 Å². The summed E-state index contributed by atoms with van der Waals surface area (Å²) in [6.45, 7) is 8.42. The molecule has 1 aromatic carbocycles. The van der Waals surface area contributed by atoms with E-state index in [-0.39, 0.29) is 0 Å². The van der Waals surface area contributed by atoms with Crippen LogP contribution < -0.4 is 5.32 Å². The lowest BCUT2D eigenvalue weighted by Gasteiger charge is -2.32. The highest BCUT2D eigenvalue weighted by Gasteiger charge is 2.18. The molecule has 19 heavy (non-hydrogen) atoms. The van der Waals surface area contributed by atoms with Crippen LogP contribution in [0.3, 0.4) is 0 Å². The zero-order valence-corrected chi connectivity index (χ0v) is 12.3. The number of likely N-dealkylation sites (tertiary alicyclic amines) is 1. The molecule has 0 aliphatic carbocycles. The van der Waals surface area contributed by atoms with Gasteiger partial charge in [-0.2, -0.15) is 0 Å². The van der Waals surface area contributed by atoms with Crippen molar-refractivity contribution in [3.05, 3.63) is 35.9 Å². The average molecular weight is 260 g/mol. The molecule has 106 valence electrons. The van der Waals surface area contributed by atoms with Crippen LogP contribution in [0.25, 0.3) is 0 Å². The third-order valence-corrected chi connectivity index (χ3v) is 4.13. The normalized spacial score (nSPS) is 17.7. The summed E-state index contributed by atoms with van der Waals surface area (Å²) in [6, 6.07) is 10.9.